The Morgan fingerprint density at radius 1 is 1.24 bits per heavy atom. The molecule has 1 aromatic carbocycles. The second-order valence-corrected chi connectivity index (χ2v) is 7.17. The van der Waals surface area contributed by atoms with Gasteiger partial charge in [0.05, 0.1) is 17.4 Å². The molecule has 1 aliphatic carbocycles. The molecule has 2 unspecified atom stereocenters. The number of aliphatic hydroxyl groups is 1. The lowest BCUT2D eigenvalue weighted by atomic mass is 10.1. The second kappa shape index (κ2) is 6.55. The summed E-state index contributed by atoms with van der Waals surface area (Å²) in [4.78, 5) is 10.7. The summed E-state index contributed by atoms with van der Waals surface area (Å²) in [5, 5.41) is 18.1. The summed E-state index contributed by atoms with van der Waals surface area (Å²) in [6.45, 7) is 0.316. The monoisotopic (exact) mass is 313 g/mol. The predicted molar refractivity (Wildman–Crippen MR) is 76.3 cm³/mol. The van der Waals surface area contributed by atoms with Crippen molar-refractivity contribution < 1.29 is 23.4 Å². The van der Waals surface area contributed by atoms with Crippen LogP contribution < -0.4 is 4.72 Å². The van der Waals surface area contributed by atoms with Crippen molar-refractivity contribution in [3.05, 3.63) is 29.8 Å². The number of aliphatic hydroxyl groups excluding tert-OH is 1. The Kier molecular flexibility index (Phi) is 4.97. The second-order valence-electron chi connectivity index (χ2n) is 5.40. The van der Waals surface area contributed by atoms with Gasteiger partial charge in [-0.25, -0.2) is 13.1 Å². The van der Waals surface area contributed by atoms with Crippen LogP contribution in [-0.2, 0) is 21.2 Å². The maximum atomic E-state index is 12.1. The highest BCUT2D eigenvalue weighted by Gasteiger charge is 2.24. The van der Waals surface area contributed by atoms with Gasteiger partial charge in [-0.15, -0.1) is 0 Å². The van der Waals surface area contributed by atoms with E-state index >= 15 is 0 Å². The number of nitrogens with one attached hydrogen (secondary N) is 1. The lowest BCUT2D eigenvalue weighted by molar-refractivity contribution is -0.136. The fourth-order valence-electron chi connectivity index (χ4n) is 2.51. The number of carboxylic acids is 1. The van der Waals surface area contributed by atoms with Gasteiger partial charge in [0.15, 0.2) is 0 Å². The van der Waals surface area contributed by atoms with E-state index in [1.54, 1.807) is 0 Å². The van der Waals surface area contributed by atoms with E-state index in [4.69, 9.17) is 5.11 Å². The average Bonchev–Trinajstić information content (AvgIpc) is 2.82. The Bertz CT molecular complexity index is 596. The zero-order chi connectivity index (χ0) is 15.5. The molecule has 0 heterocycles. The molecule has 0 radical (unpaired) electrons. The molecule has 116 valence electrons. The first kappa shape index (κ1) is 15.9. The van der Waals surface area contributed by atoms with Crippen molar-refractivity contribution in [1.29, 1.82) is 0 Å². The van der Waals surface area contributed by atoms with Crippen LogP contribution in [0.25, 0.3) is 0 Å². The summed E-state index contributed by atoms with van der Waals surface area (Å²) in [6.07, 6.45) is 1.71. The van der Waals surface area contributed by atoms with Crippen molar-refractivity contribution in [2.45, 2.75) is 36.7 Å². The summed E-state index contributed by atoms with van der Waals surface area (Å²) in [6, 6.07) is 5.82. The standard InChI is InChI=1S/C14H19NO5S/c16-12-4-1-11(7-12)9-15-21(19,20)13-5-2-10(3-6-13)8-14(17)18/h2-3,5-6,11-12,15-16H,1,4,7-9H2,(H,17,18). The van der Waals surface area contributed by atoms with E-state index < -0.39 is 16.0 Å². The minimum atomic E-state index is -3.59. The Morgan fingerprint density at radius 2 is 1.90 bits per heavy atom. The van der Waals surface area contributed by atoms with E-state index in [1.807, 2.05) is 0 Å². The fourth-order valence-corrected chi connectivity index (χ4v) is 3.62. The maximum absolute atomic E-state index is 12.1. The molecule has 0 saturated heterocycles. The summed E-state index contributed by atoms with van der Waals surface area (Å²) in [7, 11) is -3.59. The topological polar surface area (TPSA) is 104 Å². The van der Waals surface area contributed by atoms with E-state index in [9.17, 15) is 18.3 Å². The molecule has 0 aliphatic heterocycles. The van der Waals surface area contributed by atoms with Crippen LogP contribution in [0.1, 0.15) is 24.8 Å². The lowest BCUT2D eigenvalue weighted by Gasteiger charge is -2.11. The van der Waals surface area contributed by atoms with Crippen LogP contribution >= 0.6 is 0 Å². The first-order valence-corrected chi connectivity index (χ1v) is 8.33. The number of hydrogen-bond acceptors (Lipinski definition) is 4. The SMILES string of the molecule is O=C(O)Cc1ccc(S(=O)(=O)NCC2CCC(O)C2)cc1. The Morgan fingerprint density at radius 3 is 2.43 bits per heavy atom. The zero-order valence-corrected chi connectivity index (χ0v) is 12.3. The molecule has 0 spiro atoms. The molecular formula is C14H19NO5S. The van der Waals surface area contributed by atoms with Gasteiger partial charge in [-0.3, -0.25) is 4.79 Å². The molecule has 21 heavy (non-hydrogen) atoms. The summed E-state index contributed by atoms with van der Waals surface area (Å²) in [5.41, 5.74) is 0.556. The third-order valence-corrected chi connectivity index (χ3v) is 5.10. The molecule has 1 saturated carbocycles. The van der Waals surface area contributed by atoms with Crippen LogP contribution in [-0.4, -0.2) is 37.2 Å². The summed E-state index contributed by atoms with van der Waals surface area (Å²) >= 11 is 0. The van der Waals surface area contributed by atoms with Crippen LogP contribution in [0, 0.1) is 5.92 Å². The van der Waals surface area contributed by atoms with E-state index in [0.29, 0.717) is 18.5 Å². The average molecular weight is 313 g/mol. The molecule has 1 aliphatic rings. The normalized spacial score (nSPS) is 22.3. The minimum Gasteiger partial charge on any atom is -0.481 e. The molecule has 2 atom stereocenters. The predicted octanol–water partition coefficient (Wildman–Crippen LogP) is 0.753. The van der Waals surface area contributed by atoms with Crippen molar-refractivity contribution in [3.63, 3.8) is 0 Å². The molecule has 0 bridgehead atoms. The highest BCUT2D eigenvalue weighted by molar-refractivity contribution is 7.89. The molecule has 7 heteroatoms. The van der Waals surface area contributed by atoms with Crippen molar-refractivity contribution >= 4 is 16.0 Å². The van der Waals surface area contributed by atoms with Crippen molar-refractivity contribution in [1.82, 2.24) is 4.72 Å². The summed E-state index contributed by atoms with van der Waals surface area (Å²) in [5.74, 6) is -0.787. The third-order valence-electron chi connectivity index (χ3n) is 3.66. The lowest BCUT2D eigenvalue weighted by Crippen LogP contribution is -2.28. The van der Waals surface area contributed by atoms with Gasteiger partial charge >= 0.3 is 5.97 Å². The first-order valence-electron chi connectivity index (χ1n) is 6.85. The Balaban J connectivity index is 1.97. The molecule has 6 nitrogen and oxygen atoms in total. The molecule has 2 rings (SSSR count). The number of rotatable bonds is 6. The van der Waals surface area contributed by atoms with Crippen molar-refractivity contribution in [3.8, 4) is 0 Å². The highest BCUT2D eigenvalue weighted by Crippen LogP contribution is 2.25. The van der Waals surface area contributed by atoms with E-state index in [-0.39, 0.29) is 23.3 Å². The molecule has 1 aromatic rings. The molecule has 0 aromatic heterocycles. The van der Waals surface area contributed by atoms with E-state index in [0.717, 1.165) is 12.8 Å². The molecular weight excluding hydrogens is 294 g/mol. The van der Waals surface area contributed by atoms with Gasteiger partial charge in [0.1, 0.15) is 0 Å². The van der Waals surface area contributed by atoms with Gasteiger partial charge in [0.2, 0.25) is 10.0 Å². The third kappa shape index (κ3) is 4.52. The number of hydrogen-bond donors (Lipinski definition) is 3. The largest absolute Gasteiger partial charge is 0.481 e. The Hall–Kier alpha value is -1.44. The minimum absolute atomic E-state index is 0.121. The zero-order valence-electron chi connectivity index (χ0n) is 11.5. The van der Waals surface area contributed by atoms with Crippen LogP contribution in [0.4, 0.5) is 0 Å². The van der Waals surface area contributed by atoms with E-state index in [1.165, 1.54) is 24.3 Å². The summed E-state index contributed by atoms with van der Waals surface area (Å²) < 4.78 is 26.8. The van der Waals surface area contributed by atoms with Crippen LogP contribution in [0.2, 0.25) is 0 Å². The van der Waals surface area contributed by atoms with Crippen molar-refractivity contribution in [2.75, 3.05) is 6.54 Å². The Labute approximate surface area is 123 Å². The molecule has 1 fully saturated rings. The number of benzene rings is 1. The van der Waals surface area contributed by atoms with Gasteiger partial charge < -0.3 is 10.2 Å². The number of carbonyl (C=O) groups is 1. The molecule has 3 N–H and O–H groups in total. The van der Waals surface area contributed by atoms with E-state index in [2.05, 4.69) is 4.72 Å². The van der Waals surface area contributed by atoms with Crippen molar-refractivity contribution in [2.24, 2.45) is 5.92 Å². The van der Waals surface area contributed by atoms with Crippen LogP contribution in [0.3, 0.4) is 0 Å². The fraction of sp³-hybridized carbons (Fsp3) is 0.500. The highest BCUT2D eigenvalue weighted by atomic mass is 32.2. The number of aliphatic carboxylic acids is 1. The van der Waals surface area contributed by atoms with Gasteiger partial charge in [-0.2, -0.15) is 0 Å². The molecule has 0 amide bonds. The maximum Gasteiger partial charge on any atom is 0.307 e. The van der Waals surface area contributed by atoms with Gasteiger partial charge in [-0.1, -0.05) is 12.1 Å². The van der Waals surface area contributed by atoms with Gasteiger partial charge in [0, 0.05) is 6.54 Å². The first-order chi connectivity index (χ1) is 9.87. The van der Waals surface area contributed by atoms with Gasteiger partial charge in [0.25, 0.3) is 0 Å². The van der Waals surface area contributed by atoms with Crippen LogP contribution in [0.5, 0.6) is 0 Å². The smallest absolute Gasteiger partial charge is 0.307 e. The number of carboxylic acid groups (broad SMARTS) is 1. The number of sulfonamides is 1. The van der Waals surface area contributed by atoms with Crippen LogP contribution in [0.15, 0.2) is 29.2 Å². The quantitative estimate of drug-likeness (QED) is 0.719. The van der Waals surface area contributed by atoms with Gasteiger partial charge in [-0.05, 0) is 42.9 Å².